The predicted octanol–water partition coefficient (Wildman–Crippen LogP) is -0.329. The van der Waals surface area contributed by atoms with Crippen LogP contribution >= 0.6 is 0 Å². The van der Waals surface area contributed by atoms with E-state index in [0.29, 0.717) is 9.84 Å². The van der Waals surface area contributed by atoms with E-state index >= 15 is 0 Å². The molecule has 2 heteroatoms. The topological polar surface area (TPSA) is 20.2 Å². The van der Waals surface area contributed by atoms with Crippen LogP contribution in [-0.2, 0) is 0 Å². The minimum atomic E-state index is 0.0239. The molecule has 0 heterocycles. The van der Waals surface area contributed by atoms with Crippen LogP contribution in [-0.4, -0.2) is 19.6 Å². The molecule has 1 nitrogen and oxygen atoms in total. The van der Waals surface area contributed by atoms with Crippen LogP contribution in [0.1, 0.15) is 46.5 Å². The number of alkyl halides is 2. The molecule has 1 rings (SSSR count). The maximum absolute atomic E-state index is 10.1. The van der Waals surface area contributed by atoms with Gasteiger partial charge in [0, 0.05) is 0 Å². The Balaban J connectivity index is 2.33. The van der Waals surface area contributed by atoms with Crippen molar-refractivity contribution in [1.29, 1.82) is 0 Å². The SMILES string of the molecule is CCCC[I-]C1CC(C)CC(C)C1O. The molecular weight excluding hydrogens is 287 g/mol. The normalized spacial score (nSPS) is 38.9. The van der Waals surface area contributed by atoms with E-state index in [0.717, 1.165) is 5.92 Å². The van der Waals surface area contributed by atoms with E-state index in [2.05, 4.69) is 20.8 Å². The van der Waals surface area contributed by atoms with Gasteiger partial charge in [0.15, 0.2) is 0 Å². The maximum atomic E-state index is 10.1. The van der Waals surface area contributed by atoms with Gasteiger partial charge in [0.1, 0.15) is 0 Å². The molecular formula is C12H24IO-. The summed E-state index contributed by atoms with van der Waals surface area (Å²) in [5.74, 6) is 1.39. The third kappa shape index (κ3) is 3.69. The van der Waals surface area contributed by atoms with Crippen LogP contribution in [0, 0.1) is 11.8 Å². The molecule has 14 heavy (non-hydrogen) atoms. The number of hydrogen-bond donors (Lipinski definition) is 1. The number of rotatable bonds is 4. The molecule has 0 aliphatic heterocycles. The quantitative estimate of drug-likeness (QED) is 0.428. The van der Waals surface area contributed by atoms with Crippen molar-refractivity contribution in [2.24, 2.45) is 11.8 Å². The van der Waals surface area contributed by atoms with E-state index in [1.165, 1.54) is 30.1 Å². The van der Waals surface area contributed by atoms with Gasteiger partial charge >= 0.3 is 99.1 Å². The van der Waals surface area contributed by atoms with Crippen LogP contribution in [0.4, 0.5) is 0 Å². The number of aliphatic hydroxyl groups excluding tert-OH is 1. The fourth-order valence-corrected chi connectivity index (χ4v) is 6.72. The second kappa shape index (κ2) is 6.31. The number of aliphatic hydroxyl groups is 1. The molecule has 0 amide bonds. The molecule has 0 spiro atoms. The number of halogens is 1. The summed E-state index contributed by atoms with van der Waals surface area (Å²) in [6.45, 7) is 6.82. The van der Waals surface area contributed by atoms with E-state index in [1.807, 2.05) is 0 Å². The van der Waals surface area contributed by atoms with Gasteiger partial charge in [-0.1, -0.05) is 0 Å². The summed E-state index contributed by atoms with van der Waals surface area (Å²) in [5, 5.41) is 10.1. The van der Waals surface area contributed by atoms with E-state index in [-0.39, 0.29) is 27.3 Å². The molecule has 86 valence electrons. The van der Waals surface area contributed by atoms with E-state index in [9.17, 15) is 5.11 Å². The molecule has 1 saturated carbocycles. The van der Waals surface area contributed by atoms with Gasteiger partial charge in [-0.25, -0.2) is 0 Å². The molecule has 4 unspecified atom stereocenters. The molecule has 0 aromatic carbocycles. The van der Waals surface area contributed by atoms with Crippen LogP contribution in [0.15, 0.2) is 0 Å². The number of hydrogen-bond acceptors (Lipinski definition) is 1. The molecule has 1 N–H and O–H groups in total. The van der Waals surface area contributed by atoms with E-state index < -0.39 is 0 Å². The molecule has 0 saturated heterocycles. The van der Waals surface area contributed by atoms with Crippen molar-refractivity contribution >= 4 is 0 Å². The van der Waals surface area contributed by atoms with Gasteiger partial charge in [-0.05, 0) is 0 Å². The molecule has 0 aromatic heterocycles. The van der Waals surface area contributed by atoms with Crippen LogP contribution in [0.5, 0.6) is 0 Å². The zero-order valence-electron chi connectivity index (χ0n) is 9.67. The van der Waals surface area contributed by atoms with E-state index in [1.54, 1.807) is 0 Å². The fraction of sp³-hybridized carbons (Fsp3) is 1.00. The Kier molecular flexibility index (Phi) is 5.75. The zero-order valence-corrected chi connectivity index (χ0v) is 11.8. The van der Waals surface area contributed by atoms with Gasteiger partial charge < -0.3 is 0 Å². The average Bonchev–Trinajstić information content (AvgIpc) is 2.13. The molecule has 0 aromatic rings. The van der Waals surface area contributed by atoms with Gasteiger partial charge in [0.25, 0.3) is 0 Å². The van der Waals surface area contributed by atoms with Crippen molar-refractivity contribution in [3.05, 3.63) is 0 Å². The summed E-state index contributed by atoms with van der Waals surface area (Å²) in [4.78, 5) is 0. The first kappa shape index (κ1) is 12.8. The first-order valence-electron chi connectivity index (χ1n) is 5.91. The Bertz CT molecular complexity index is 160. The Labute approximate surface area is 98.9 Å². The van der Waals surface area contributed by atoms with Crippen molar-refractivity contribution in [2.45, 2.75) is 56.5 Å². The van der Waals surface area contributed by atoms with Crippen molar-refractivity contribution in [3.63, 3.8) is 0 Å². The van der Waals surface area contributed by atoms with Crippen molar-refractivity contribution < 1.29 is 26.3 Å². The monoisotopic (exact) mass is 311 g/mol. The first-order valence-corrected chi connectivity index (χ1v) is 8.68. The van der Waals surface area contributed by atoms with Gasteiger partial charge in [-0.3, -0.25) is 0 Å². The molecule has 1 aliphatic carbocycles. The fourth-order valence-electron chi connectivity index (χ4n) is 2.26. The summed E-state index contributed by atoms with van der Waals surface area (Å²) in [5.41, 5.74) is 0. The van der Waals surface area contributed by atoms with Gasteiger partial charge in [-0.2, -0.15) is 0 Å². The molecule has 4 atom stereocenters. The third-order valence-electron chi connectivity index (χ3n) is 3.15. The average molecular weight is 311 g/mol. The Morgan fingerprint density at radius 3 is 2.64 bits per heavy atom. The Morgan fingerprint density at radius 1 is 1.29 bits per heavy atom. The molecule has 0 radical (unpaired) electrons. The van der Waals surface area contributed by atoms with E-state index in [4.69, 9.17) is 0 Å². The molecule has 0 bridgehead atoms. The second-order valence-electron chi connectivity index (χ2n) is 4.76. The number of unbranched alkanes of at least 4 members (excludes halogenated alkanes) is 1. The standard InChI is InChI=1S/C12H24IO/c1-4-5-6-13-11-8-9(2)7-10(3)12(11)14/h9-12,14H,4-8H2,1-3H3/q-1. The summed E-state index contributed by atoms with van der Waals surface area (Å²) < 4.78 is 2.11. The van der Waals surface area contributed by atoms with Crippen LogP contribution in [0.2, 0.25) is 0 Å². The summed E-state index contributed by atoms with van der Waals surface area (Å²) in [6.07, 6.45) is 5.24. The first-order chi connectivity index (χ1) is 6.65. The van der Waals surface area contributed by atoms with Crippen LogP contribution < -0.4 is 21.2 Å². The van der Waals surface area contributed by atoms with Gasteiger partial charge in [-0.15, -0.1) is 0 Å². The zero-order chi connectivity index (χ0) is 10.6. The third-order valence-corrected chi connectivity index (χ3v) is 6.91. The predicted molar refractivity (Wildman–Crippen MR) is 57.1 cm³/mol. The van der Waals surface area contributed by atoms with Crippen molar-refractivity contribution in [3.8, 4) is 0 Å². The molecule has 1 aliphatic rings. The van der Waals surface area contributed by atoms with Crippen molar-refractivity contribution in [2.75, 3.05) is 4.43 Å². The Morgan fingerprint density at radius 2 is 2.00 bits per heavy atom. The van der Waals surface area contributed by atoms with Crippen LogP contribution in [0.3, 0.4) is 0 Å². The Hall–Kier alpha value is 0.690. The molecule has 1 fully saturated rings. The van der Waals surface area contributed by atoms with Crippen LogP contribution in [0.25, 0.3) is 0 Å². The summed E-state index contributed by atoms with van der Waals surface area (Å²) in [7, 11) is 0. The second-order valence-corrected chi connectivity index (χ2v) is 8.32. The summed E-state index contributed by atoms with van der Waals surface area (Å²) >= 11 is 0.253. The van der Waals surface area contributed by atoms with Crippen molar-refractivity contribution in [1.82, 2.24) is 0 Å². The van der Waals surface area contributed by atoms with Gasteiger partial charge in [0.05, 0.1) is 0 Å². The summed E-state index contributed by atoms with van der Waals surface area (Å²) in [6, 6.07) is 0. The minimum absolute atomic E-state index is 0.0239. The van der Waals surface area contributed by atoms with Gasteiger partial charge in [0.2, 0.25) is 0 Å².